The van der Waals surface area contributed by atoms with Crippen molar-refractivity contribution in [3.05, 3.63) is 29.6 Å². The van der Waals surface area contributed by atoms with E-state index in [1.165, 1.54) is 11.8 Å². The van der Waals surface area contributed by atoms with E-state index < -0.39 is 6.43 Å². The minimum atomic E-state index is -2.64. The van der Waals surface area contributed by atoms with E-state index >= 15 is 0 Å². The molecule has 8 heteroatoms. The second kappa shape index (κ2) is 5.98. The number of hydrogen-bond acceptors (Lipinski definition) is 5. The van der Waals surface area contributed by atoms with Gasteiger partial charge in [0.05, 0.1) is 36.6 Å². The minimum absolute atomic E-state index is 0.116. The van der Waals surface area contributed by atoms with Crippen molar-refractivity contribution in [1.82, 2.24) is 19.7 Å². The normalized spacial score (nSPS) is 31.9. The molecule has 4 heterocycles. The summed E-state index contributed by atoms with van der Waals surface area (Å²) in [5.41, 5.74) is 8.26. The molecule has 4 aliphatic rings. The van der Waals surface area contributed by atoms with Crippen LogP contribution in [0, 0.1) is 11.3 Å². The zero-order valence-electron chi connectivity index (χ0n) is 16.4. The number of ether oxygens (including phenoxy) is 1. The third kappa shape index (κ3) is 2.65. The fourth-order valence-corrected chi connectivity index (χ4v) is 5.40. The molecule has 1 unspecified atom stereocenters. The largest absolute Gasteiger partial charge is 0.383 e. The van der Waals surface area contributed by atoms with Crippen molar-refractivity contribution >= 4 is 5.82 Å². The molecule has 2 aromatic rings. The summed E-state index contributed by atoms with van der Waals surface area (Å²) in [6.45, 7) is 6.30. The highest BCUT2D eigenvalue weighted by molar-refractivity contribution is 5.63. The summed E-state index contributed by atoms with van der Waals surface area (Å²) >= 11 is 0. The second-order valence-electron chi connectivity index (χ2n) is 9.34. The van der Waals surface area contributed by atoms with Crippen LogP contribution in [0.5, 0.6) is 0 Å². The molecular weight excluding hydrogens is 376 g/mol. The van der Waals surface area contributed by atoms with Crippen LogP contribution in [0.25, 0.3) is 11.3 Å². The van der Waals surface area contributed by atoms with Crippen LogP contribution in [0.4, 0.5) is 14.6 Å². The quantitative estimate of drug-likeness (QED) is 0.833. The van der Waals surface area contributed by atoms with Crippen molar-refractivity contribution in [2.24, 2.45) is 11.3 Å². The summed E-state index contributed by atoms with van der Waals surface area (Å²) in [6.07, 6.45) is 1.18. The van der Waals surface area contributed by atoms with Crippen LogP contribution in [0.3, 0.4) is 0 Å². The number of likely N-dealkylation sites (tertiary alicyclic amines) is 1. The predicted molar refractivity (Wildman–Crippen MR) is 104 cm³/mol. The Morgan fingerprint density at radius 2 is 2.03 bits per heavy atom. The highest BCUT2D eigenvalue weighted by Gasteiger charge is 2.68. The third-order valence-electron chi connectivity index (χ3n) is 7.42. The standard InChI is InChI=1S/C21H25F2N5O/c1-21-10-27(13-8-29-9-13)7-15(21)18(21)17-5-16(26-28(17)12-2-3-12)11-4-14(19(22)23)20(24)25-6-11/h4-6,12-13,15,18-19H,2-3,7-10H2,1H3,(H2,24,25)/t15-,18+,21?/m0/s1. The van der Waals surface area contributed by atoms with Crippen LogP contribution in [0.1, 0.15) is 49.4 Å². The van der Waals surface area contributed by atoms with Crippen LogP contribution in [0.15, 0.2) is 18.3 Å². The van der Waals surface area contributed by atoms with E-state index in [0.29, 0.717) is 29.5 Å². The number of hydrogen-bond donors (Lipinski definition) is 1. The molecule has 0 aromatic carbocycles. The number of nitrogens with two attached hydrogens (primary N) is 1. The maximum absolute atomic E-state index is 13.3. The van der Waals surface area contributed by atoms with Gasteiger partial charge in [0.2, 0.25) is 0 Å². The number of pyridine rings is 1. The van der Waals surface area contributed by atoms with Crippen LogP contribution in [-0.4, -0.2) is 52.0 Å². The molecule has 2 aliphatic heterocycles. The van der Waals surface area contributed by atoms with E-state index in [2.05, 4.69) is 27.6 Å². The highest BCUT2D eigenvalue weighted by atomic mass is 19.3. The Morgan fingerprint density at radius 1 is 1.24 bits per heavy atom. The maximum atomic E-state index is 13.3. The number of aromatic nitrogens is 3. The Hall–Kier alpha value is -2.06. The third-order valence-corrected chi connectivity index (χ3v) is 7.42. The lowest BCUT2D eigenvalue weighted by atomic mass is 10.0. The lowest BCUT2D eigenvalue weighted by Gasteiger charge is -2.36. The predicted octanol–water partition coefficient (Wildman–Crippen LogP) is 3.23. The van der Waals surface area contributed by atoms with E-state index in [1.54, 1.807) is 6.20 Å². The first-order chi connectivity index (χ1) is 14.0. The Balaban J connectivity index is 1.32. The number of fused-ring (bicyclic) bond motifs is 1. The molecule has 0 amide bonds. The van der Waals surface area contributed by atoms with Gasteiger partial charge in [0, 0.05) is 36.5 Å². The van der Waals surface area contributed by atoms with Crippen LogP contribution < -0.4 is 5.73 Å². The van der Waals surface area contributed by atoms with E-state index in [1.807, 2.05) is 0 Å². The SMILES string of the molecule is CC12CN(C3COC3)C[C@H]1[C@@H]2c1cc(-c2cnc(N)c(C(F)F)c2)nn1C1CC1. The summed E-state index contributed by atoms with van der Waals surface area (Å²) in [7, 11) is 0. The topological polar surface area (TPSA) is 69.2 Å². The first kappa shape index (κ1) is 17.8. The first-order valence-electron chi connectivity index (χ1n) is 10.4. The van der Waals surface area contributed by atoms with Gasteiger partial charge < -0.3 is 10.5 Å². The average Bonchev–Trinajstić information content (AvgIpc) is 3.48. The fraction of sp³-hybridized carbons (Fsp3) is 0.619. The smallest absolute Gasteiger partial charge is 0.267 e. The van der Waals surface area contributed by atoms with Gasteiger partial charge in [-0.15, -0.1) is 0 Å². The molecule has 4 fully saturated rings. The molecular formula is C21H25F2N5O. The Morgan fingerprint density at radius 3 is 2.62 bits per heavy atom. The monoisotopic (exact) mass is 401 g/mol. The van der Waals surface area contributed by atoms with E-state index in [9.17, 15) is 8.78 Å². The molecule has 6 nitrogen and oxygen atoms in total. The van der Waals surface area contributed by atoms with Gasteiger partial charge in [0.25, 0.3) is 6.43 Å². The van der Waals surface area contributed by atoms with Crippen molar-refractivity contribution in [1.29, 1.82) is 0 Å². The van der Waals surface area contributed by atoms with Gasteiger partial charge in [0.15, 0.2) is 0 Å². The van der Waals surface area contributed by atoms with Gasteiger partial charge >= 0.3 is 0 Å². The number of nitrogens with zero attached hydrogens (tertiary/aromatic N) is 4. The fourth-order valence-electron chi connectivity index (χ4n) is 5.40. The molecule has 0 spiro atoms. The zero-order chi connectivity index (χ0) is 19.9. The molecule has 154 valence electrons. The van der Waals surface area contributed by atoms with E-state index in [4.69, 9.17) is 15.6 Å². The van der Waals surface area contributed by atoms with Crippen molar-refractivity contribution in [3.63, 3.8) is 0 Å². The van der Waals surface area contributed by atoms with Crippen molar-refractivity contribution in [2.75, 3.05) is 32.0 Å². The molecule has 6 rings (SSSR count). The Kier molecular flexibility index (Phi) is 3.66. The Labute approximate surface area is 168 Å². The summed E-state index contributed by atoms with van der Waals surface area (Å²) in [5, 5.41) is 4.83. The molecule has 2 saturated heterocycles. The molecule has 2 N–H and O–H groups in total. The number of halogens is 2. The van der Waals surface area contributed by atoms with E-state index in [-0.39, 0.29) is 16.8 Å². The van der Waals surface area contributed by atoms with E-state index in [0.717, 1.165) is 44.8 Å². The maximum Gasteiger partial charge on any atom is 0.267 e. The summed E-state index contributed by atoms with van der Waals surface area (Å²) in [4.78, 5) is 6.55. The molecule has 2 aromatic heterocycles. The van der Waals surface area contributed by atoms with Crippen LogP contribution in [-0.2, 0) is 4.74 Å². The van der Waals surface area contributed by atoms with Crippen LogP contribution >= 0.6 is 0 Å². The lowest BCUT2D eigenvalue weighted by Crippen LogP contribution is -2.49. The Bertz CT molecular complexity index is 970. The summed E-state index contributed by atoms with van der Waals surface area (Å²) in [6, 6.07) is 4.56. The van der Waals surface area contributed by atoms with Gasteiger partial charge in [-0.05, 0) is 36.3 Å². The molecule has 0 bridgehead atoms. The number of piperidine rings is 1. The summed E-state index contributed by atoms with van der Waals surface area (Å²) < 4.78 is 34.1. The van der Waals surface area contributed by atoms with Crippen LogP contribution in [0.2, 0.25) is 0 Å². The molecule has 3 atom stereocenters. The lowest BCUT2D eigenvalue weighted by molar-refractivity contribution is -0.0627. The molecule has 2 aliphatic carbocycles. The molecule has 0 radical (unpaired) electrons. The van der Waals surface area contributed by atoms with Gasteiger partial charge in [0.1, 0.15) is 5.82 Å². The second-order valence-corrected chi connectivity index (χ2v) is 9.34. The summed E-state index contributed by atoms with van der Waals surface area (Å²) in [5.74, 6) is 0.999. The van der Waals surface area contributed by atoms with Gasteiger partial charge in [-0.3, -0.25) is 9.58 Å². The van der Waals surface area contributed by atoms with Crippen molar-refractivity contribution in [2.45, 2.75) is 44.2 Å². The molecule has 2 saturated carbocycles. The minimum Gasteiger partial charge on any atom is -0.383 e. The number of alkyl halides is 2. The average molecular weight is 401 g/mol. The van der Waals surface area contributed by atoms with Gasteiger partial charge in [-0.2, -0.15) is 5.10 Å². The zero-order valence-corrected chi connectivity index (χ0v) is 16.4. The van der Waals surface area contributed by atoms with Crippen molar-refractivity contribution < 1.29 is 13.5 Å². The van der Waals surface area contributed by atoms with Crippen molar-refractivity contribution in [3.8, 4) is 11.3 Å². The highest BCUT2D eigenvalue weighted by Crippen LogP contribution is 2.69. The number of anilines is 1. The number of rotatable bonds is 5. The van der Waals surface area contributed by atoms with Gasteiger partial charge in [-0.1, -0.05) is 6.92 Å². The molecule has 29 heavy (non-hydrogen) atoms. The first-order valence-corrected chi connectivity index (χ1v) is 10.4. The number of nitrogen functional groups attached to an aromatic ring is 1. The van der Waals surface area contributed by atoms with Gasteiger partial charge in [-0.25, -0.2) is 13.8 Å².